The molecule has 3 rings (SSSR count). The van der Waals surface area contributed by atoms with Crippen LogP contribution in [0.5, 0.6) is 0 Å². The normalized spacial score (nSPS) is 11.4. The summed E-state index contributed by atoms with van der Waals surface area (Å²) in [5.74, 6) is 0.350. The number of aromatic amines is 1. The number of aryl methyl sites for hydroxylation is 1. The molecule has 0 fully saturated rings. The van der Waals surface area contributed by atoms with Crippen molar-refractivity contribution in [2.75, 3.05) is 5.73 Å². The van der Waals surface area contributed by atoms with Crippen LogP contribution in [-0.4, -0.2) is 15.2 Å². The van der Waals surface area contributed by atoms with Gasteiger partial charge < -0.3 is 5.73 Å². The lowest BCUT2D eigenvalue weighted by atomic mass is 10.1. The van der Waals surface area contributed by atoms with Gasteiger partial charge in [0.1, 0.15) is 5.69 Å². The second-order valence-electron chi connectivity index (χ2n) is 4.16. The van der Waals surface area contributed by atoms with E-state index in [1.54, 1.807) is 12.4 Å². The van der Waals surface area contributed by atoms with Gasteiger partial charge in [-0.15, -0.1) is 10.2 Å². The zero-order valence-electron chi connectivity index (χ0n) is 10.3. The third kappa shape index (κ3) is 2.03. The summed E-state index contributed by atoms with van der Waals surface area (Å²) < 4.78 is 0. The number of nitrogens with zero attached hydrogens (tertiary/aromatic N) is 4. The summed E-state index contributed by atoms with van der Waals surface area (Å²) in [5.41, 5.74) is 7.86. The van der Waals surface area contributed by atoms with E-state index in [-0.39, 0.29) is 0 Å². The first-order valence-corrected chi connectivity index (χ1v) is 5.80. The van der Waals surface area contributed by atoms with Crippen molar-refractivity contribution in [2.24, 2.45) is 10.2 Å². The number of nitrogens with two attached hydrogens (primary N) is 1. The largest absolute Gasteiger partial charge is 0.380 e. The molecule has 94 valence electrons. The molecule has 0 aliphatic carbocycles. The van der Waals surface area contributed by atoms with E-state index in [0.717, 1.165) is 22.2 Å². The van der Waals surface area contributed by atoms with Crippen LogP contribution in [0.25, 0.3) is 10.8 Å². The van der Waals surface area contributed by atoms with Gasteiger partial charge in [0.2, 0.25) is 0 Å². The lowest BCUT2D eigenvalue weighted by Crippen LogP contribution is -1.83. The van der Waals surface area contributed by atoms with Crippen LogP contribution in [0, 0.1) is 6.92 Å². The molecule has 6 heteroatoms. The summed E-state index contributed by atoms with van der Waals surface area (Å²) in [5, 5.41) is 17.1. The summed E-state index contributed by atoms with van der Waals surface area (Å²) >= 11 is 0. The van der Waals surface area contributed by atoms with Gasteiger partial charge in [-0.3, -0.25) is 10.1 Å². The highest BCUT2D eigenvalue weighted by atomic mass is 15.2. The molecule has 3 N–H and O–H groups in total. The van der Waals surface area contributed by atoms with Gasteiger partial charge in [0.25, 0.3) is 0 Å². The number of pyridine rings is 1. The summed E-state index contributed by atoms with van der Waals surface area (Å²) in [7, 11) is 0. The van der Waals surface area contributed by atoms with Crippen LogP contribution in [0.4, 0.5) is 17.2 Å². The zero-order chi connectivity index (χ0) is 13.2. The minimum atomic E-state index is 0.350. The van der Waals surface area contributed by atoms with E-state index in [0.29, 0.717) is 11.5 Å². The Morgan fingerprint density at radius 1 is 1.21 bits per heavy atom. The number of rotatable bonds is 2. The zero-order valence-corrected chi connectivity index (χ0v) is 10.3. The molecular formula is C13H12N6. The van der Waals surface area contributed by atoms with Crippen molar-refractivity contribution >= 4 is 28.0 Å². The molecule has 0 amide bonds. The number of nitrogen functional groups attached to an aromatic ring is 1. The van der Waals surface area contributed by atoms with Crippen molar-refractivity contribution in [2.45, 2.75) is 6.92 Å². The lowest BCUT2D eigenvalue weighted by molar-refractivity contribution is 1.05. The molecule has 0 bridgehead atoms. The Morgan fingerprint density at radius 2 is 2.11 bits per heavy atom. The average Bonchev–Trinajstić information content (AvgIpc) is 2.76. The molecule has 0 unspecified atom stereocenters. The summed E-state index contributed by atoms with van der Waals surface area (Å²) in [6.07, 6.45) is 3.53. The third-order valence-electron chi connectivity index (χ3n) is 2.86. The molecule has 19 heavy (non-hydrogen) atoms. The summed E-state index contributed by atoms with van der Waals surface area (Å²) in [6, 6.07) is 7.72. The SMILES string of the molecule is Cc1[nH]nc(N)c1N=Nc1cccc2cnccc12. The quantitative estimate of drug-likeness (QED) is 0.685. The molecule has 1 aromatic carbocycles. The topological polar surface area (TPSA) is 92.3 Å². The molecule has 0 atom stereocenters. The minimum Gasteiger partial charge on any atom is -0.380 e. The standard InChI is InChI=1S/C13H12N6/c1-8-12(13(14)19-16-8)18-17-11-4-2-3-9-7-15-6-5-10(9)11/h2-7H,1H3,(H3,14,16,19). The second-order valence-corrected chi connectivity index (χ2v) is 4.16. The molecule has 2 heterocycles. The number of hydrogen-bond acceptors (Lipinski definition) is 5. The van der Waals surface area contributed by atoms with Crippen molar-refractivity contribution < 1.29 is 0 Å². The maximum absolute atomic E-state index is 5.71. The Kier molecular flexibility index (Phi) is 2.68. The molecule has 2 aromatic heterocycles. The Morgan fingerprint density at radius 3 is 2.89 bits per heavy atom. The van der Waals surface area contributed by atoms with Gasteiger partial charge in [-0.1, -0.05) is 12.1 Å². The average molecular weight is 252 g/mol. The summed E-state index contributed by atoms with van der Waals surface area (Å²) in [4.78, 5) is 4.08. The van der Waals surface area contributed by atoms with Gasteiger partial charge >= 0.3 is 0 Å². The number of benzene rings is 1. The van der Waals surface area contributed by atoms with E-state index in [4.69, 9.17) is 5.73 Å². The number of hydrogen-bond donors (Lipinski definition) is 2. The van der Waals surface area contributed by atoms with E-state index >= 15 is 0 Å². The third-order valence-corrected chi connectivity index (χ3v) is 2.86. The highest BCUT2D eigenvalue weighted by molar-refractivity contribution is 5.91. The fourth-order valence-electron chi connectivity index (χ4n) is 1.86. The molecule has 0 saturated carbocycles. The van der Waals surface area contributed by atoms with Crippen molar-refractivity contribution in [3.63, 3.8) is 0 Å². The highest BCUT2D eigenvalue weighted by Crippen LogP contribution is 2.29. The van der Waals surface area contributed by atoms with Crippen molar-refractivity contribution in [1.82, 2.24) is 15.2 Å². The molecule has 6 nitrogen and oxygen atoms in total. The Balaban J connectivity index is 2.07. The number of anilines is 1. The van der Waals surface area contributed by atoms with Crippen LogP contribution in [0.3, 0.4) is 0 Å². The molecule has 0 aliphatic rings. The Bertz CT molecular complexity index is 734. The monoisotopic (exact) mass is 252 g/mol. The van der Waals surface area contributed by atoms with Crippen LogP contribution in [0.15, 0.2) is 46.9 Å². The molecule has 0 aliphatic heterocycles. The van der Waals surface area contributed by atoms with Crippen LogP contribution in [-0.2, 0) is 0 Å². The van der Waals surface area contributed by atoms with Crippen LogP contribution in [0.2, 0.25) is 0 Å². The Labute approximate surface area is 109 Å². The van der Waals surface area contributed by atoms with Crippen molar-refractivity contribution in [1.29, 1.82) is 0 Å². The summed E-state index contributed by atoms with van der Waals surface area (Å²) in [6.45, 7) is 1.85. The van der Waals surface area contributed by atoms with Crippen molar-refractivity contribution in [3.8, 4) is 0 Å². The van der Waals surface area contributed by atoms with Crippen LogP contribution >= 0.6 is 0 Å². The smallest absolute Gasteiger partial charge is 0.173 e. The number of aromatic nitrogens is 3. The van der Waals surface area contributed by atoms with Gasteiger partial charge in [-0.2, -0.15) is 5.10 Å². The predicted molar refractivity (Wildman–Crippen MR) is 73.7 cm³/mol. The minimum absolute atomic E-state index is 0.350. The van der Waals surface area contributed by atoms with Gasteiger partial charge in [-0.05, 0) is 19.1 Å². The predicted octanol–water partition coefficient (Wildman–Crippen LogP) is 3.26. The molecule has 0 spiro atoms. The first-order valence-electron chi connectivity index (χ1n) is 5.80. The van der Waals surface area contributed by atoms with Crippen molar-refractivity contribution in [3.05, 3.63) is 42.4 Å². The van der Waals surface area contributed by atoms with E-state index in [2.05, 4.69) is 25.4 Å². The second kappa shape index (κ2) is 4.49. The van der Waals surface area contributed by atoms with Gasteiger partial charge in [-0.25, -0.2) is 0 Å². The fourth-order valence-corrected chi connectivity index (χ4v) is 1.86. The van der Waals surface area contributed by atoms with E-state index in [9.17, 15) is 0 Å². The molecule has 0 saturated heterocycles. The Hall–Kier alpha value is -2.76. The van der Waals surface area contributed by atoms with E-state index in [1.165, 1.54) is 0 Å². The van der Waals surface area contributed by atoms with Gasteiger partial charge in [0.05, 0.1) is 11.4 Å². The molecule has 0 radical (unpaired) electrons. The van der Waals surface area contributed by atoms with E-state index < -0.39 is 0 Å². The lowest BCUT2D eigenvalue weighted by Gasteiger charge is -1.99. The number of fused-ring (bicyclic) bond motifs is 1. The van der Waals surface area contributed by atoms with Crippen LogP contribution in [0.1, 0.15) is 5.69 Å². The molecular weight excluding hydrogens is 240 g/mol. The van der Waals surface area contributed by atoms with Gasteiger partial charge in [0, 0.05) is 23.2 Å². The first kappa shape index (κ1) is 11.3. The number of azo groups is 1. The fraction of sp³-hybridized carbons (Fsp3) is 0.0769. The first-order chi connectivity index (χ1) is 9.25. The maximum atomic E-state index is 5.71. The van der Waals surface area contributed by atoms with Gasteiger partial charge in [0.15, 0.2) is 5.82 Å². The van der Waals surface area contributed by atoms with Crippen LogP contribution < -0.4 is 5.73 Å². The number of H-pyrrole nitrogens is 1. The number of nitrogens with one attached hydrogen (secondary N) is 1. The highest BCUT2D eigenvalue weighted by Gasteiger charge is 2.06. The van der Waals surface area contributed by atoms with E-state index in [1.807, 2.05) is 31.2 Å². The maximum Gasteiger partial charge on any atom is 0.173 e. The molecule has 3 aromatic rings.